The zero-order chi connectivity index (χ0) is 12.1. The van der Waals surface area contributed by atoms with Gasteiger partial charge in [-0.25, -0.2) is 0 Å². The van der Waals surface area contributed by atoms with Crippen molar-refractivity contribution in [2.75, 3.05) is 25.7 Å². The summed E-state index contributed by atoms with van der Waals surface area (Å²) in [7, 11) is 3.14. The first-order valence-electron chi connectivity index (χ1n) is 4.72. The highest BCUT2D eigenvalue weighted by Gasteiger charge is 2.14. The molecule has 1 rings (SSSR count). The quantitative estimate of drug-likeness (QED) is 0.793. The lowest BCUT2D eigenvalue weighted by Crippen LogP contribution is -2.31. The second-order valence-electron chi connectivity index (χ2n) is 3.27. The molecule has 0 fully saturated rings. The first-order chi connectivity index (χ1) is 7.57. The Kier molecular flexibility index (Phi) is 4.39. The molecule has 0 bridgehead atoms. The fraction of sp³-hybridized carbons (Fsp3) is 0.273. The lowest BCUT2D eigenvalue weighted by Gasteiger charge is -2.19. The molecule has 0 saturated heterocycles. The molecule has 0 aliphatic heterocycles. The van der Waals surface area contributed by atoms with Crippen molar-refractivity contribution in [2.24, 2.45) is 5.73 Å². The van der Waals surface area contributed by atoms with E-state index in [1.54, 1.807) is 19.2 Å². The molecule has 2 N–H and O–H groups in total. The summed E-state index contributed by atoms with van der Waals surface area (Å²) in [5.41, 5.74) is 6.97. The van der Waals surface area contributed by atoms with Gasteiger partial charge in [0.25, 0.3) is 5.91 Å². The molecule has 86 valence electrons. The highest BCUT2D eigenvalue weighted by molar-refractivity contribution is 7.80. The standard InChI is InChI=1S/C11H14N2O2S/c1-13(10(14)7-15-2)9-6-4-3-5-8(9)11(12)16/h3-6H,7H2,1-2H3,(H2,12,16). The van der Waals surface area contributed by atoms with Crippen LogP contribution in [0.3, 0.4) is 0 Å². The molecule has 0 aliphatic carbocycles. The smallest absolute Gasteiger partial charge is 0.252 e. The number of amides is 1. The van der Waals surface area contributed by atoms with Crippen LogP contribution in [0.15, 0.2) is 24.3 Å². The fourth-order valence-corrected chi connectivity index (χ4v) is 1.50. The summed E-state index contributed by atoms with van der Waals surface area (Å²) >= 11 is 4.93. The number of anilines is 1. The van der Waals surface area contributed by atoms with Crippen LogP contribution in [0, 0.1) is 0 Å². The zero-order valence-electron chi connectivity index (χ0n) is 9.27. The molecular formula is C11H14N2O2S. The summed E-state index contributed by atoms with van der Waals surface area (Å²) in [4.78, 5) is 13.4. The van der Waals surface area contributed by atoms with E-state index in [1.807, 2.05) is 12.1 Å². The van der Waals surface area contributed by atoms with E-state index in [4.69, 9.17) is 22.7 Å². The molecule has 1 amide bonds. The van der Waals surface area contributed by atoms with E-state index in [0.717, 1.165) is 0 Å². The van der Waals surface area contributed by atoms with Crippen LogP contribution in [0.5, 0.6) is 0 Å². The van der Waals surface area contributed by atoms with E-state index in [0.29, 0.717) is 11.3 Å². The number of ether oxygens (including phenoxy) is 1. The third-order valence-corrected chi connectivity index (χ3v) is 2.39. The lowest BCUT2D eigenvalue weighted by molar-refractivity contribution is -0.121. The van der Waals surface area contributed by atoms with Gasteiger partial charge < -0.3 is 15.4 Å². The Morgan fingerprint density at radius 1 is 1.50 bits per heavy atom. The number of hydrogen-bond donors (Lipinski definition) is 1. The minimum absolute atomic E-state index is 0.0299. The summed E-state index contributed by atoms with van der Waals surface area (Å²) < 4.78 is 4.79. The number of hydrogen-bond acceptors (Lipinski definition) is 3. The number of likely N-dealkylation sites (N-methyl/N-ethyl adjacent to an activating group) is 1. The number of nitrogens with two attached hydrogens (primary N) is 1. The molecule has 0 atom stereocenters. The van der Waals surface area contributed by atoms with E-state index in [1.165, 1.54) is 12.0 Å². The fourth-order valence-electron chi connectivity index (χ4n) is 1.33. The Morgan fingerprint density at radius 3 is 2.69 bits per heavy atom. The Labute approximate surface area is 100.0 Å². The molecule has 0 spiro atoms. The normalized spacial score (nSPS) is 9.88. The van der Waals surface area contributed by atoms with Crippen LogP contribution in [0.1, 0.15) is 5.56 Å². The average Bonchev–Trinajstić information content (AvgIpc) is 2.28. The zero-order valence-corrected chi connectivity index (χ0v) is 10.1. The van der Waals surface area contributed by atoms with Crippen molar-refractivity contribution in [3.63, 3.8) is 0 Å². The van der Waals surface area contributed by atoms with Gasteiger partial charge in [-0.1, -0.05) is 24.4 Å². The van der Waals surface area contributed by atoms with Gasteiger partial charge in [-0.05, 0) is 12.1 Å². The van der Waals surface area contributed by atoms with Crippen molar-refractivity contribution >= 4 is 28.8 Å². The largest absolute Gasteiger partial charge is 0.389 e. The number of nitrogens with zero attached hydrogens (tertiary/aromatic N) is 1. The van der Waals surface area contributed by atoms with Gasteiger partial charge in [-0.3, -0.25) is 4.79 Å². The molecule has 1 aromatic carbocycles. The van der Waals surface area contributed by atoms with Gasteiger partial charge in [0.1, 0.15) is 11.6 Å². The van der Waals surface area contributed by atoms with Crippen molar-refractivity contribution in [1.82, 2.24) is 0 Å². The second-order valence-corrected chi connectivity index (χ2v) is 3.71. The Bertz CT molecular complexity index is 407. The minimum atomic E-state index is -0.147. The van der Waals surface area contributed by atoms with Gasteiger partial charge in [0, 0.05) is 19.7 Å². The molecule has 1 aromatic rings. The van der Waals surface area contributed by atoms with Gasteiger partial charge in [0.05, 0.1) is 5.69 Å². The van der Waals surface area contributed by atoms with Gasteiger partial charge in [0.15, 0.2) is 0 Å². The number of carbonyl (C=O) groups is 1. The van der Waals surface area contributed by atoms with Crippen molar-refractivity contribution in [1.29, 1.82) is 0 Å². The van der Waals surface area contributed by atoms with Crippen LogP contribution in [0.25, 0.3) is 0 Å². The molecule has 0 aromatic heterocycles. The summed E-state index contributed by atoms with van der Waals surface area (Å²) in [6.07, 6.45) is 0. The predicted octanol–water partition coefficient (Wildman–Crippen LogP) is 0.930. The molecule has 0 saturated carbocycles. The summed E-state index contributed by atoms with van der Waals surface area (Å²) in [5, 5.41) is 0. The number of para-hydroxylation sites is 1. The maximum absolute atomic E-state index is 11.6. The van der Waals surface area contributed by atoms with Crippen LogP contribution < -0.4 is 10.6 Å². The Hall–Kier alpha value is -1.46. The number of methoxy groups -OCH3 is 1. The van der Waals surface area contributed by atoms with Crippen LogP contribution in [0.4, 0.5) is 5.69 Å². The van der Waals surface area contributed by atoms with Crippen LogP contribution in [-0.4, -0.2) is 31.7 Å². The number of carbonyl (C=O) groups excluding carboxylic acids is 1. The monoisotopic (exact) mass is 238 g/mol. The third-order valence-electron chi connectivity index (χ3n) is 2.17. The minimum Gasteiger partial charge on any atom is -0.389 e. The number of thiocarbonyl (C=S) groups is 1. The number of rotatable bonds is 4. The SMILES string of the molecule is COCC(=O)N(C)c1ccccc1C(N)=S. The van der Waals surface area contributed by atoms with E-state index in [2.05, 4.69) is 0 Å². The van der Waals surface area contributed by atoms with Crippen molar-refractivity contribution in [3.8, 4) is 0 Å². The van der Waals surface area contributed by atoms with Gasteiger partial charge in [-0.2, -0.15) is 0 Å². The van der Waals surface area contributed by atoms with Gasteiger partial charge in [0.2, 0.25) is 0 Å². The molecule has 0 aliphatic rings. The highest BCUT2D eigenvalue weighted by atomic mass is 32.1. The topological polar surface area (TPSA) is 55.6 Å². The molecular weight excluding hydrogens is 224 g/mol. The van der Waals surface area contributed by atoms with Crippen molar-refractivity contribution < 1.29 is 9.53 Å². The van der Waals surface area contributed by atoms with Crippen LogP contribution in [0.2, 0.25) is 0 Å². The van der Waals surface area contributed by atoms with Gasteiger partial charge >= 0.3 is 0 Å². The first kappa shape index (κ1) is 12.6. The summed E-state index contributed by atoms with van der Waals surface area (Å²) in [6.45, 7) is 0.0299. The molecule has 0 unspecified atom stereocenters. The van der Waals surface area contributed by atoms with Crippen molar-refractivity contribution in [3.05, 3.63) is 29.8 Å². The first-order valence-corrected chi connectivity index (χ1v) is 5.13. The maximum Gasteiger partial charge on any atom is 0.252 e. The average molecular weight is 238 g/mol. The highest BCUT2D eigenvalue weighted by Crippen LogP contribution is 2.19. The summed E-state index contributed by atoms with van der Waals surface area (Å²) in [6, 6.07) is 7.23. The van der Waals surface area contributed by atoms with Crippen molar-refractivity contribution in [2.45, 2.75) is 0 Å². The number of benzene rings is 1. The lowest BCUT2D eigenvalue weighted by atomic mass is 10.1. The van der Waals surface area contributed by atoms with Crippen LogP contribution in [-0.2, 0) is 9.53 Å². The van der Waals surface area contributed by atoms with Gasteiger partial charge in [-0.15, -0.1) is 0 Å². The van der Waals surface area contributed by atoms with E-state index in [-0.39, 0.29) is 17.5 Å². The second kappa shape index (κ2) is 5.58. The van der Waals surface area contributed by atoms with E-state index < -0.39 is 0 Å². The molecule has 4 nitrogen and oxygen atoms in total. The Morgan fingerprint density at radius 2 is 2.12 bits per heavy atom. The molecule has 0 heterocycles. The van der Waals surface area contributed by atoms with E-state index >= 15 is 0 Å². The molecule has 5 heteroatoms. The van der Waals surface area contributed by atoms with E-state index in [9.17, 15) is 4.79 Å². The molecule has 16 heavy (non-hydrogen) atoms. The Balaban J connectivity index is 3.03. The van der Waals surface area contributed by atoms with Crippen LogP contribution >= 0.6 is 12.2 Å². The molecule has 0 radical (unpaired) electrons. The summed E-state index contributed by atoms with van der Waals surface area (Å²) in [5.74, 6) is -0.147. The third kappa shape index (κ3) is 2.77. The maximum atomic E-state index is 11.6. The predicted molar refractivity (Wildman–Crippen MR) is 67.6 cm³/mol.